The molecule has 2 rings (SSSR count). The Labute approximate surface area is 127 Å². The number of benzene rings is 2. The van der Waals surface area contributed by atoms with Crippen molar-refractivity contribution in [3.05, 3.63) is 69.7 Å². The first-order valence-electron chi connectivity index (χ1n) is 5.93. The average Bonchev–Trinajstić information content (AvgIpc) is 2.47. The van der Waals surface area contributed by atoms with Gasteiger partial charge in [-0.25, -0.2) is 4.79 Å². The Bertz CT molecular complexity index is 629. The highest BCUT2D eigenvalue weighted by atomic mass is 35.5. The van der Waals surface area contributed by atoms with E-state index in [0.717, 1.165) is 5.56 Å². The molecule has 0 aliphatic rings. The summed E-state index contributed by atoms with van der Waals surface area (Å²) in [7, 11) is 1.34. The molecule has 0 saturated heterocycles. The fourth-order valence-electron chi connectivity index (χ4n) is 1.78. The fraction of sp³-hybridized carbons (Fsp3) is 0.0625. The molecule has 20 heavy (non-hydrogen) atoms. The number of hydrogen-bond donors (Lipinski definition) is 0. The molecule has 0 heterocycles. The molecule has 102 valence electrons. The van der Waals surface area contributed by atoms with Crippen LogP contribution in [0.2, 0.25) is 10.0 Å². The van der Waals surface area contributed by atoms with Gasteiger partial charge in [0.2, 0.25) is 0 Å². The van der Waals surface area contributed by atoms with Crippen molar-refractivity contribution in [3.63, 3.8) is 0 Å². The van der Waals surface area contributed by atoms with Crippen LogP contribution in [-0.4, -0.2) is 13.1 Å². The summed E-state index contributed by atoms with van der Waals surface area (Å²) < 4.78 is 4.83. The standard InChI is InChI=1S/C16H12Cl2O2/c1-20-16(19)12(11-6-3-2-4-7-11)10-13-14(17)8-5-9-15(13)18/h2-10H,1H3/b12-10-. The van der Waals surface area contributed by atoms with E-state index >= 15 is 0 Å². The fourth-order valence-corrected chi connectivity index (χ4v) is 2.29. The van der Waals surface area contributed by atoms with E-state index in [-0.39, 0.29) is 0 Å². The second-order valence-electron chi connectivity index (χ2n) is 4.05. The van der Waals surface area contributed by atoms with Crippen molar-refractivity contribution in [3.8, 4) is 0 Å². The molecule has 0 saturated carbocycles. The smallest absolute Gasteiger partial charge is 0.338 e. The normalized spacial score (nSPS) is 11.2. The van der Waals surface area contributed by atoms with Crippen molar-refractivity contribution in [2.24, 2.45) is 0 Å². The molecule has 0 amide bonds. The molecular weight excluding hydrogens is 295 g/mol. The largest absolute Gasteiger partial charge is 0.465 e. The molecule has 2 nitrogen and oxygen atoms in total. The summed E-state index contributed by atoms with van der Waals surface area (Å²) >= 11 is 12.3. The predicted octanol–water partition coefficient (Wildman–Crippen LogP) is 4.71. The SMILES string of the molecule is COC(=O)/C(=C\c1c(Cl)cccc1Cl)c1ccccc1. The van der Waals surface area contributed by atoms with Crippen molar-refractivity contribution in [1.29, 1.82) is 0 Å². The van der Waals surface area contributed by atoms with E-state index in [2.05, 4.69) is 0 Å². The lowest BCUT2D eigenvalue weighted by atomic mass is 10.0. The predicted molar refractivity (Wildman–Crippen MR) is 82.8 cm³/mol. The molecule has 0 radical (unpaired) electrons. The Morgan fingerprint density at radius 3 is 2.15 bits per heavy atom. The second kappa shape index (κ2) is 6.60. The molecule has 0 spiro atoms. The van der Waals surface area contributed by atoms with Crippen molar-refractivity contribution in [1.82, 2.24) is 0 Å². The summed E-state index contributed by atoms with van der Waals surface area (Å²) in [5, 5.41) is 0.963. The van der Waals surface area contributed by atoms with E-state index < -0.39 is 5.97 Å². The van der Waals surface area contributed by atoms with Crippen LogP contribution in [0.4, 0.5) is 0 Å². The molecule has 0 N–H and O–H groups in total. The lowest BCUT2D eigenvalue weighted by Gasteiger charge is -2.08. The number of rotatable bonds is 3. The summed E-state index contributed by atoms with van der Waals surface area (Å²) in [6.45, 7) is 0. The van der Waals surface area contributed by atoms with E-state index in [9.17, 15) is 4.79 Å². The van der Waals surface area contributed by atoms with Crippen molar-refractivity contribution < 1.29 is 9.53 Å². The summed E-state index contributed by atoms with van der Waals surface area (Å²) in [6, 6.07) is 14.4. The number of carbonyl (C=O) groups excluding carboxylic acids is 1. The number of hydrogen-bond acceptors (Lipinski definition) is 2. The molecular formula is C16H12Cl2O2. The average molecular weight is 307 g/mol. The van der Waals surface area contributed by atoms with Crippen LogP contribution >= 0.6 is 23.2 Å². The maximum absolute atomic E-state index is 12.0. The topological polar surface area (TPSA) is 26.3 Å². The zero-order valence-corrected chi connectivity index (χ0v) is 12.3. The van der Waals surface area contributed by atoms with Crippen LogP contribution in [0.5, 0.6) is 0 Å². The molecule has 2 aromatic carbocycles. The Hall–Kier alpha value is -1.77. The third kappa shape index (κ3) is 3.21. The van der Waals surface area contributed by atoms with Gasteiger partial charge in [-0.3, -0.25) is 0 Å². The summed E-state index contributed by atoms with van der Waals surface area (Å²) in [6.07, 6.45) is 1.64. The molecule has 0 unspecified atom stereocenters. The zero-order valence-electron chi connectivity index (χ0n) is 10.8. The maximum Gasteiger partial charge on any atom is 0.338 e. The number of ether oxygens (including phenoxy) is 1. The Balaban J connectivity index is 2.58. The number of methoxy groups -OCH3 is 1. The van der Waals surface area contributed by atoms with Gasteiger partial charge in [-0.05, 0) is 23.8 Å². The molecule has 0 aliphatic heterocycles. The third-order valence-corrected chi connectivity index (χ3v) is 3.44. The molecule has 0 aliphatic carbocycles. The Morgan fingerprint density at radius 2 is 1.60 bits per heavy atom. The van der Waals surface area contributed by atoms with Crippen molar-refractivity contribution >= 4 is 40.8 Å². The van der Waals surface area contributed by atoms with Crippen LogP contribution in [-0.2, 0) is 9.53 Å². The van der Waals surface area contributed by atoms with E-state index in [1.54, 1.807) is 24.3 Å². The van der Waals surface area contributed by atoms with Gasteiger partial charge in [0.1, 0.15) is 0 Å². The first kappa shape index (κ1) is 14.6. The quantitative estimate of drug-likeness (QED) is 0.466. The summed E-state index contributed by atoms with van der Waals surface area (Å²) in [4.78, 5) is 12.0. The first-order valence-corrected chi connectivity index (χ1v) is 6.68. The molecule has 0 aromatic heterocycles. The molecule has 0 bridgehead atoms. The van der Waals surface area contributed by atoms with Gasteiger partial charge in [0.15, 0.2) is 0 Å². The van der Waals surface area contributed by atoms with Crippen LogP contribution in [0, 0.1) is 0 Å². The lowest BCUT2D eigenvalue weighted by Crippen LogP contribution is -2.03. The third-order valence-electron chi connectivity index (χ3n) is 2.78. The van der Waals surface area contributed by atoms with E-state index in [4.69, 9.17) is 27.9 Å². The Morgan fingerprint density at radius 1 is 1.00 bits per heavy atom. The first-order chi connectivity index (χ1) is 9.63. The highest BCUT2D eigenvalue weighted by Gasteiger charge is 2.14. The van der Waals surface area contributed by atoms with Gasteiger partial charge < -0.3 is 4.74 Å². The van der Waals surface area contributed by atoms with Gasteiger partial charge in [0.25, 0.3) is 0 Å². The van der Waals surface area contributed by atoms with E-state index in [1.165, 1.54) is 7.11 Å². The molecule has 0 atom stereocenters. The highest BCUT2D eigenvalue weighted by Crippen LogP contribution is 2.29. The molecule has 0 fully saturated rings. The van der Waals surface area contributed by atoms with E-state index in [0.29, 0.717) is 21.2 Å². The number of carbonyl (C=O) groups is 1. The minimum Gasteiger partial charge on any atom is -0.465 e. The maximum atomic E-state index is 12.0. The van der Waals surface area contributed by atoms with Crippen LogP contribution in [0.3, 0.4) is 0 Å². The second-order valence-corrected chi connectivity index (χ2v) is 4.87. The molecule has 2 aromatic rings. The van der Waals surface area contributed by atoms with Gasteiger partial charge in [0.05, 0.1) is 12.7 Å². The van der Waals surface area contributed by atoms with Gasteiger partial charge in [-0.2, -0.15) is 0 Å². The summed E-state index contributed by atoms with van der Waals surface area (Å²) in [5.41, 5.74) is 1.75. The zero-order chi connectivity index (χ0) is 14.5. The van der Waals surface area contributed by atoms with Crippen LogP contribution in [0.1, 0.15) is 11.1 Å². The molecule has 4 heteroatoms. The van der Waals surface area contributed by atoms with Crippen LogP contribution in [0.25, 0.3) is 11.6 Å². The lowest BCUT2D eigenvalue weighted by molar-refractivity contribution is -0.133. The highest BCUT2D eigenvalue weighted by molar-refractivity contribution is 6.38. The number of halogens is 2. The van der Waals surface area contributed by atoms with Crippen molar-refractivity contribution in [2.75, 3.05) is 7.11 Å². The van der Waals surface area contributed by atoms with Crippen LogP contribution < -0.4 is 0 Å². The van der Waals surface area contributed by atoms with E-state index in [1.807, 2.05) is 30.3 Å². The minimum absolute atomic E-state index is 0.406. The number of esters is 1. The Kier molecular flexibility index (Phi) is 4.83. The minimum atomic E-state index is -0.438. The monoisotopic (exact) mass is 306 g/mol. The van der Waals surface area contributed by atoms with Gasteiger partial charge in [0, 0.05) is 15.6 Å². The van der Waals surface area contributed by atoms with Gasteiger partial charge >= 0.3 is 5.97 Å². The van der Waals surface area contributed by atoms with Gasteiger partial charge in [-0.1, -0.05) is 59.6 Å². The van der Waals surface area contributed by atoms with Crippen LogP contribution in [0.15, 0.2) is 48.5 Å². The van der Waals surface area contributed by atoms with Crippen molar-refractivity contribution in [2.45, 2.75) is 0 Å². The van der Waals surface area contributed by atoms with Gasteiger partial charge in [-0.15, -0.1) is 0 Å². The summed E-state index contributed by atoms with van der Waals surface area (Å²) in [5.74, 6) is -0.438.